The van der Waals surface area contributed by atoms with Gasteiger partial charge in [-0.15, -0.1) is 11.3 Å². The quantitative estimate of drug-likeness (QED) is 0.851. The van der Waals surface area contributed by atoms with Crippen molar-refractivity contribution in [1.29, 1.82) is 0 Å². The maximum absolute atomic E-state index is 12.7. The van der Waals surface area contributed by atoms with Gasteiger partial charge in [0.2, 0.25) is 0 Å². The SMILES string of the molecule is COc1ccc(-c2nc(C(=O)N3CCC[C@H](C)CC3)cs2)cc1. The van der Waals surface area contributed by atoms with Crippen molar-refractivity contribution in [2.24, 2.45) is 5.92 Å². The lowest BCUT2D eigenvalue weighted by atomic mass is 10.0. The van der Waals surface area contributed by atoms with Gasteiger partial charge in [-0.2, -0.15) is 0 Å². The summed E-state index contributed by atoms with van der Waals surface area (Å²) in [6, 6.07) is 7.77. The van der Waals surface area contributed by atoms with Crippen LogP contribution in [0, 0.1) is 5.92 Å². The molecule has 0 spiro atoms. The van der Waals surface area contributed by atoms with E-state index < -0.39 is 0 Å². The molecular formula is C18H22N2O2S. The molecule has 3 rings (SSSR count). The van der Waals surface area contributed by atoms with Crippen LogP contribution in [0.5, 0.6) is 5.75 Å². The van der Waals surface area contributed by atoms with Crippen LogP contribution in [0.1, 0.15) is 36.7 Å². The standard InChI is InChI=1S/C18H22N2O2S/c1-13-4-3-10-20(11-9-13)18(21)16-12-23-17(19-16)14-5-7-15(22-2)8-6-14/h5-8,12-13H,3-4,9-11H2,1-2H3/t13-/m0/s1. The number of benzene rings is 1. The van der Waals surface area contributed by atoms with Crippen molar-refractivity contribution in [3.63, 3.8) is 0 Å². The lowest BCUT2D eigenvalue weighted by Crippen LogP contribution is -2.32. The Labute approximate surface area is 141 Å². The lowest BCUT2D eigenvalue weighted by molar-refractivity contribution is 0.0755. The minimum absolute atomic E-state index is 0.0649. The largest absolute Gasteiger partial charge is 0.497 e. The summed E-state index contributed by atoms with van der Waals surface area (Å²) < 4.78 is 5.17. The maximum Gasteiger partial charge on any atom is 0.273 e. The Morgan fingerprint density at radius 1 is 1.26 bits per heavy atom. The van der Waals surface area contributed by atoms with Crippen LogP contribution in [0.4, 0.5) is 0 Å². The Balaban J connectivity index is 1.73. The molecule has 1 amide bonds. The first-order chi connectivity index (χ1) is 11.2. The molecule has 1 aromatic heterocycles. The third-order valence-corrected chi connectivity index (χ3v) is 5.26. The summed E-state index contributed by atoms with van der Waals surface area (Å²) in [6.45, 7) is 3.95. The number of likely N-dealkylation sites (tertiary alicyclic amines) is 1. The summed E-state index contributed by atoms with van der Waals surface area (Å²) in [5.41, 5.74) is 1.58. The molecule has 0 unspecified atom stereocenters. The fraction of sp³-hybridized carbons (Fsp3) is 0.444. The van der Waals surface area contributed by atoms with E-state index in [-0.39, 0.29) is 5.91 Å². The highest BCUT2D eigenvalue weighted by atomic mass is 32.1. The van der Waals surface area contributed by atoms with E-state index in [2.05, 4.69) is 11.9 Å². The van der Waals surface area contributed by atoms with E-state index in [9.17, 15) is 4.79 Å². The number of nitrogens with zero attached hydrogens (tertiary/aromatic N) is 2. The minimum atomic E-state index is 0.0649. The molecule has 4 nitrogen and oxygen atoms in total. The fourth-order valence-corrected chi connectivity index (χ4v) is 3.67. The second-order valence-corrected chi connectivity index (χ2v) is 6.95. The monoisotopic (exact) mass is 330 g/mol. The number of rotatable bonds is 3. The zero-order valence-corrected chi connectivity index (χ0v) is 14.4. The molecule has 23 heavy (non-hydrogen) atoms. The first-order valence-corrected chi connectivity index (χ1v) is 8.94. The van der Waals surface area contributed by atoms with Crippen molar-refractivity contribution in [2.75, 3.05) is 20.2 Å². The third-order valence-electron chi connectivity index (χ3n) is 4.36. The smallest absolute Gasteiger partial charge is 0.273 e. The average molecular weight is 330 g/mol. The first kappa shape index (κ1) is 16.0. The van der Waals surface area contributed by atoms with Gasteiger partial charge in [-0.3, -0.25) is 4.79 Å². The number of methoxy groups -OCH3 is 1. The second-order valence-electron chi connectivity index (χ2n) is 6.09. The zero-order valence-electron chi connectivity index (χ0n) is 13.6. The molecule has 1 atom stereocenters. The van der Waals surface area contributed by atoms with Crippen molar-refractivity contribution in [1.82, 2.24) is 9.88 Å². The molecule has 1 aliphatic heterocycles. The molecule has 0 aliphatic carbocycles. The van der Waals surface area contributed by atoms with Gasteiger partial charge < -0.3 is 9.64 Å². The van der Waals surface area contributed by atoms with E-state index in [1.165, 1.54) is 17.8 Å². The lowest BCUT2D eigenvalue weighted by Gasteiger charge is -2.19. The van der Waals surface area contributed by atoms with Crippen molar-refractivity contribution in [2.45, 2.75) is 26.2 Å². The minimum Gasteiger partial charge on any atom is -0.497 e. The van der Waals surface area contributed by atoms with Crippen LogP contribution >= 0.6 is 11.3 Å². The number of carbonyl (C=O) groups is 1. The highest BCUT2D eigenvalue weighted by molar-refractivity contribution is 7.13. The predicted octanol–water partition coefficient (Wildman–Crippen LogP) is 4.08. The molecule has 2 aromatic rings. The number of hydrogen-bond donors (Lipinski definition) is 0. The molecule has 0 bridgehead atoms. The van der Waals surface area contributed by atoms with E-state index in [0.29, 0.717) is 11.6 Å². The number of thiazole rings is 1. The van der Waals surface area contributed by atoms with Crippen LogP contribution in [0.15, 0.2) is 29.6 Å². The maximum atomic E-state index is 12.7. The highest BCUT2D eigenvalue weighted by Crippen LogP contribution is 2.26. The molecular weight excluding hydrogens is 308 g/mol. The molecule has 1 saturated heterocycles. The highest BCUT2D eigenvalue weighted by Gasteiger charge is 2.22. The Bertz CT molecular complexity index is 666. The van der Waals surface area contributed by atoms with Crippen LogP contribution < -0.4 is 4.74 Å². The number of ether oxygens (including phenoxy) is 1. The number of aromatic nitrogens is 1. The topological polar surface area (TPSA) is 42.4 Å². The van der Waals surface area contributed by atoms with Gasteiger partial charge in [-0.1, -0.05) is 6.92 Å². The Morgan fingerprint density at radius 3 is 2.78 bits per heavy atom. The van der Waals surface area contributed by atoms with Gasteiger partial charge in [-0.05, 0) is 49.4 Å². The number of amides is 1. The van der Waals surface area contributed by atoms with Gasteiger partial charge in [-0.25, -0.2) is 4.98 Å². The molecule has 122 valence electrons. The van der Waals surface area contributed by atoms with Crippen LogP contribution in [0.25, 0.3) is 10.6 Å². The molecule has 0 radical (unpaired) electrons. The molecule has 0 saturated carbocycles. The Kier molecular flexibility index (Phi) is 4.96. The summed E-state index contributed by atoms with van der Waals surface area (Å²) in [6.07, 6.45) is 3.38. The number of carbonyl (C=O) groups excluding carboxylic acids is 1. The van der Waals surface area contributed by atoms with Gasteiger partial charge in [0.15, 0.2) is 0 Å². The van der Waals surface area contributed by atoms with Crippen molar-refractivity contribution < 1.29 is 9.53 Å². The van der Waals surface area contributed by atoms with E-state index in [1.807, 2.05) is 34.5 Å². The molecule has 5 heteroatoms. The Morgan fingerprint density at radius 2 is 2.04 bits per heavy atom. The van der Waals surface area contributed by atoms with E-state index in [0.717, 1.165) is 42.3 Å². The van der Waals surface area contributed by atoms with Crippen LogP contribution in [0.2, 0.25) is 0 Å². The van der Waals surface area contributed by atoms with E-state index in [1.54, 1.807) is 7.11 Å². The summed E-state index contributed by atoms with van der Waals surface area (Å²) in [5.74, 6) is 1.59. The Hall–Kier alpha value is -1.88. The third kappa shape index (κ3) is 3.72. The summed E-state index contributed by atoms with van der Waals surface area (Å²) in [4.78, 5) is 19.2. The van der Waals surface area contributed by atoms with Gasteiger partial charge in [0.05, 0.1) is 7.11 Å². The van der Waals surface area contributed by atoms with Crippen molar-refractivity contribution >= 4 is 17.2 Å². The van der Waals surface area contributed by atoms with Gasteiger partial charge in [0.1, 0.15) is 16.5 Å². The fourth-order valence-electron chi connectivity index (χ4n) is 2.87. The summed E-state index contributed by atoms with van der Waals surface area (Å²) >= 11 is 1.51. The number of hydrogen-bond acceptors (Lipinski definition) is 4. The molecule has 1 aromatic carbocycles. The van der Waals surface area contributed by atoms with Crippen LogP contribution in [-0.4, -0.2) is 36.0 Å². The van der Waals surface area contributed by atoms with Crippen LogP contribution in [-0.2, 0) is 0 Å². The van der Waals surface area contributed by atoms with Gasteiger partial charge in [0.25, 0.3) is 5.91 Å². The average Bonchev–Trinajstić information content (AvgIpc) is 2.97. The van der Waals surface area contributed by atoms with E-state index >= 15 is 0 Å². The van der Waals surface area contributed by atoms with Crippen molar-refractivity contribution in [3.8, 4) is 16.3 Å². The van der Waals surface area contributed by atoms with Crippen molar-refractivity contribution in [3.05, 3.63) is 35.3 Å². The van der Waals surface area contributed by atoms with Gasteiger partial charge in [0, 0.05) is 24.0 Å². The van der Waals surface area contributed by atoms with Gasteiger partial charge >= 0.3 is 0 Å². The first-order valence-electron chi connectivity index (χ1n) is 8.06. The second kappa shape index (κ2) is 7.13. The summed E-state index contributed by atoms with van der Waals surface area (Å²) in [7, 11) is 1.65. The van der Waals surface area contributed by atoms with E-state index in [4.69, 9.17) is 4.74 Å². The molecule has 0 N–H and O–H groups in total. The predicted molar refractivity (Wildman–Crippen MR) is 93.0 cm³/mol. The zero-order chi connectivity index (χ0) is 16.2. The summed E-state index contributed by atoms with van der Waals surface area (Å²) in [5, 5.41) is 2.75. The molecule has 1 fully saturated rings. The van der Waals surface area contributed by atoms with Crippen LogP contribution in [0.3, 0.4) is 0 Å². The normalized spacial score (nSPS) is 18.5. The molecule has 2 heterocycles. The molecule has 1 aliphatic rings.